The second-order valence-corrected chi connectivity index (χ2v) is 3.84. The highest BCUT2D eigenvalue weighted by Crippen LogP contribution is 2.37. The van der Waals surface area contributed by atoms with E-state index in [1.165, 1.54) is 30.3 Å². The minimum absolute atomic E-state index is 0.0609. The van der Waals surface area contributed by atoms with Crippen LogP contribution in [0.5, 0.6) is 0 Å². The molecule has 0 radical (unpaired) electrons. The summed E-state index contributed by atoms with van der Waals surface area (Å²) in [5.74, 6) is -1.04. The van der Waals surface area contributed by atoms with Gasteiger partial charge in [-0.3, -0.25) is 0 Å². The number of rotatable bonds is 2. The van der Waals surface area contributed by atoms with Crippen molar-refractivity contribution in [3.05, 3.63) is 53.6 Å². The van der Waals surface area contributed by atoms with Crippen LogP contribution in [-0.2, 0) is 12.8 Å². The predicted octanol–water partition coefficient (Wildman–Crippen LogP) is 3.40. The lowest BCUT2D eigenvalue weighted by Gasteiger charge is -2.13. The van der Waals surface area contributed by atoms with Crippen LogP contribution in [-0.4, -0.2) is 10.1 Å². The molecule has 2 rings (SSSR count). The van der Waals surface area contributed by atoms with E-state index >= 15 is 0 Å². The summed E-state index contributed by atoms with van der Waals surface area (Å²) in [6.07, 6.45) is -4.57. The summed E-state index contributed by atoms with van der Waals surface area (Å²) in [6, 6.07) is 7.16. The van der Waals surface area contributed by atoms with Gasteiger partial charge >= 0.3 is 6.18 Å². The van der Waals surface area contributed by atoms with Crippen molar-refractivity contribution in [1.29, 1.82) is 0 Å². The summed E-state index contributed by atoms with van der Waals surface area (Å²) in [6.45, 7) is -0.474. The Morgan fingerprint density at radius 3 is 2.26 bits per heavy atom. The number of halogens is 4. The first-order chi connectivity index (χ1) is 8.93. The maximum absolute atomic E-state index is 13.7. The summed E-state index contributed by atoms with van der Waals surface area (Å²) >= 11 is 0. The Bertz CT molecular complexity index is 595. The number of aliphatic hydroxyl groups is 1. The van der Waals surface area contributed by atoms with Crippen LogP contribution in [0.4, 0.5) is 17.6 Å². The van der Waals surface area contributed by atoms with E-state index in [4.69, 9.17) is 5.11 Å². The zero-order chi connectivity index (χ0) is 14.0. The van der Waals surface area contributed by atoms with Gasteiger partial charge in [-0.15, -0.1) is 0 Å². The first-order valence-electron chi connectivity index (χ1n) is 5.36. The van der Waals surface area contributed by atoms with E-state index in [1.54, 1.807) is 0 Å². The van der Waals surface area contributed by atoms with Gasteiger partial charge in [-0.25, -0.2) is 4.98 Å². The van der Waals surface area contributed by atoms with Gasteiger partial charge in [0.2, 0.25) is 5.95 Å². The van der Waals surface area contributed by atoms with Crippen LogP contribution < -0.4 is 0 Å². The average Bonchev–Trinajstić information content (AvgIpc) is 2.37. The van der Waals surface area contributed by atoms with Crippen molar-refractivity contribution in [2.45, 2.75) is 12.8 Å². The van der Waals surface area contributed by atoms with E-state index in [2.05, 4.69) is 4.98 Å². The van der Waals surface area contributed by atoms with Crippen molar-refractivity contribution >= 4 is 0 Å². The van der Waals surface area contributed by atoms with E-state index < -0.39 is 24.3 Å². The Kier molecular flexibility index (Phi) is 3.53. The van der Waals surface area contributed by atoms with Gasteiger partial charge in [0.05, 0.1) is 17.9 Å². The molecular formula is C13H9F4NO. The van der Waals surface area contributed by atoms with Crippen molar-refractivity contribution in [1.82, 2.24) is 4.98 Å². The van der Waals surface area contributed by atoms with Gasteiger partial charge in [-0.05, 0) is 23.8 Å². The van der Waals surface area contributed by atoms with E-state index in [9.17, 15) is 17.6 Å². The lowest BCUT2D eigenvalue weighted by Crippen LogP contribution is -2.08. The zero-order valence-corrected chi connectivity index (χ0v) is 9.58. The molecule has 0 aliphatic rings. The lowest BCUT2D eigenvalue weighted by molar-refractivity contribution is -0.137. The highest BCUT2D eigenvalue weighted by Gasteiger charge is 2.33. The van der Waals surface area contributed by atoms with E-state index in [0.29, 0.717) is 0 Å². The molecule has 0 fully saturated rings. The number of aliphatic hydroxyl groups excluding tert-OH is 1. The molecule has 6 heteroatoms. The molecule has 1 heterocycles. The van der Waals surface area contributed by atoms with Crippen LogP contribution in [0.25, 0.3) is 11.1 Å². The van der Waals surface area contributed by atoms with Gasteiger partial charge in [0.1, 0.15) is 0 Å². The second kappa shape index (κ2) is 4.97. The molecule has 0 aliphatic carbocycles. The monoisotopic (exact) mass is 271 g/mol. The Balaban J connectivity index is 2.60. The third-order valence-corrected chi connectivity index (χ3v) is 2.59. The lowest BCUT2D eigenvalue weighted by atomic mass is 10.0. The minimum Gasteiger partial charge on any atom is -0.390 e. The fraction of sp³-hybridized carbons (Fsp3) is 0.154. The van der Waals surface area contributed by atoms with Gasteiger partial charge in [-0.2, -0.15) is 17.6 Å². The Morgan fingerprint density at radius 1 is 1.00 bits per heavy atom. The Hall–Kier alpha value is -1.95. The number of nitrogens with zero attached hydrogens (tertiary/aromatic N) is 1. The molecule has 0 bridgehead atoms. The van der Waals surface area contributed by atoms with Gasteiger partial charge in [-0.1, -0.05) is 18.2 Å². The summed E-state index contributed by atoms with van der Waals surface area (Å²) in [5.41, 5.74) is -1.38. The van der Waals surface area contributed by atoms with Gasteiger partial charge in [0, 0.05) is 5.56 Å². The number of benzene rings is 1. The summed E-state index contributed by atoms with van der Waals surface area (Å²) in [5, 5.41) is 8.80. The van der Waals surface area contributed by atoms with E-state index in [0.717, 1.165) is 6.07 Å². The molecule has 0 spiro atoms. The maximum atomic E-state index is 13.7. The number of alkyl halides is 3. The molecule has 19 heavy (non-hydrogen) atoms. The van der Waals surface area contributed by atoms with Crippen molar-refractivity contribution in [2.24, 2.45) is 0 Å². The van der Waals surface area contributed by atoms with E-state index in [1.807, 2.05) is 0 Å². The predicted molar refractivity (Wildman–Crippen MR) is 60.6 cm³/mol. The first-order valence-corrected chi connectivity index (χ1v) is 5.36. The largest absolute Gasteiger partial charge is 0.417 e. The van der Waals surface area contributed by atoms with Gasteiger partial charge < -0.3 is 5.11 Å². The molecule has 2 aromatic rings. The fourth-order valence-electron chi connectivity index (χ4n) is 1.73. The smallest absolute Gasteiger partial charge is 0.390 e. The summed E-state index contributed by atoms with van der Waals surface area (Å²) in [4.78, 5) is 3.41. The molecule has 2 nitrogen and oxygen atoms in total. The van der Waals surface area contributed by atoms with Crippen LogP contribution in [0.3, 0.4) is 0 Å². The van der Waals surface area contributed by atoms with Crippen molar-refractivity contribution < 1.29 is 22.7 Å². The third kappa shape index (κ3) is 2.73. The molecule has 1 N–H and O–H groups in total. The Morgan fingerprint density at radius 2 is 1.68 bits per heavy atom. The number of aromatic nitrogens is 1. The first kappa shape index (κ1) is 13.5. The molecule has 0 saturated carbocycles. The van der Waals surface area contributed by atoms with E-state index in [-0.39, 0.29) is 16.8 Å². The maximum Gasteiger partial charge on any atom is 0.417 e. The number of hydrogen-bond donors (Lipinski definition) is 1. The molecule has 0 amide bonds. The average molecular weight is 271 g/mol. The summed E-state index contributed by atoms with van der Waals surface area (Å²) in [7, 11) is 0. The van der Waals surface area contributed by atoms with Crippen molar-refractivity contribution in [3.63, 3.8) is 0 Å². The van der Waals surface area contributed by atoms with Crippen molar-refractivity contribution in [3.8, 4) is 11.1 Å². The number of pyridine rings is 1. The molecule has 0 saturated heterocycles. The van der Waals surface area contributed by atoms with Crippen LogP contribution in [0, 0.1) is 5.95 Å². The SMILES string of the molecule is OCc1ccc(-c2ccccc2C(F)(F)F)c(F)n1. The normalized spacial score (nSPS) is 11.6. The highest BCUT2D eigenvalue weighted by molar-refractivity contribution is 5.67. The molecule has 0 aliphatic heterocycles. The third-order valence-electron chi connectivity index (χ3n) is 2.59. The van der Waals surface area contributed by atoms with Gasteiger partial charge in [0.15, 0.2) is 0 Å². The molecule has 1 aromatic heterocycles. The molecular weight excluding hydrogens is 262 g/mol. The topological polar surface area (TPSA) is 33.1 Å². The van der Waals surface area contributed by atoms with Gasteiger partial charge in [0.25, 0.3) is 0 Å². The standard InChI is InChI=1S/C13H9F4NO/c14-12-10(6-5-8(7-19)18-12)9-3-1-2-4-11(9)13(15,16)17/h1-6,19H,7H2. The highest BCUT2D eigenvalue weighted by atomic mass is 19.4. The van der Waals surface area contributed by atoms with Crippen LogP contribution in [0.1, 0.15) is 11.3 Å². The summed E-state index contributed by atoms with van der Waals surface area (Å²) < 4.78 is 52.2. The van der Waals surface area contributed by atoms with Crippen LogP contribution in [0.15, 0.2) is 36.4 Å². The quantitative estimate of drug-likeness (QED) is 0.670. The molecule has 0 atom stereocenters. The van der Waals surface area contributed by atoms with Crippen molar-refractivity contribution in [2.75, 3.05) is 0 Å². The second-order valence-electron chi connectivity index (χ2n) is 3.84. The van der Waals surface area contributed by atoms with Crippen LogP contribution in [0.2, 0.25) is 0 Å². The minimum atomic E-state index is -4.57. The number of hydrogen-bond acceptors (Lipinski definition) is 2. The molecule has 1 aromatic carbocycles. The molecule has 0 unspecified atom stereocenters. The Labute approximate surface area is 106 Å². The molecule has 100 valence electrons. The zero-order valence-electron chi connectivity index (χ0n) is 9.58. The fourth-order valence-corrected chi connectivity index (χ4v) is 1.73. The van der Waals surface area contributed by atoms with Crippen LogP contribution >= 0.6 is 0 Å².